The molecule has 0 spiro atoms. The third kappa shape index (κ3) is 1.03. The van der Waals surface area contributed by atoms with Crippen molar-refractivity contribution in [2.75, 3.05) is 0 Å². The molecular formula is C12H16O. The Kier molecular flexibility index (Phi) is 1.73. The Balaban J connectivity index is 2.47. The summed E-state index contributed by atoms with van der Waals surface area (Å²) in [5.74, 6) is 1.23. The van der Waals surface area contributed by atoms with Gasteiger partial charge in [0.2, 0.25) is 0 Å². The molecular weight excluding hydrogens is 160 g/mol. The highest BCUT2D eigenvalue weighted by atomic mass is 16.1. The predicted octanol–water partition coefficient (Wildman–Crippen LogP) is 2.73. The molecule has 1 nitrogen and oxygen atoms in total. The lowest BCUT2D eigenvalue weighted by Gasteiger charge is -2.36. The van der Waals surface area contributed by atoms with Gasteiger partial charge in [0.1, 0.15) is 0 Å². The number of allylic oxidation sites excluding steroid dienone is 4. The van der Waals surface area contributed by atoms with Gasteiger partial charge in [0, 0.05) is 11.3 Å². The molecule has 0 radical (unpaired) electrons. The molecule has 1 fully saturated rings. The Morgan fingerprint density at radius 3 is 2.77 bits per heavy atom. The molecule has 2 unspecified atom stereocenters. The van der Waals surface area contributed by atoms with Crippen molar-refractivity contribution in [2.45, 2.75) is 27.2 Å². The highest BCUT2D eigenvalue weighted by Crippen LogP contribution is 2.48. The molecule has 0 saturated heterocycles. The third-order valence-electron chi connectivity index (χ3n) is 3.57. The number of carbonyl (C=O) groups excluding carboxylic acids is 1. The summed E-state index contributed by atoms with van der Waals surface area (Å²) in [6.45, 7) is 6.10. The molecule has 0 N–H and O–H groups in total. The maximum Gasteiger partial charge on any atom is 0.165 e. The Morgan fingerprint density at radius 2 is 2.15 bits per heavy atom. The number of rotatable bonds is 0. The minimum absolute atomic E-state index is 0.175. The fraction of sp³-hybridized carbons (Fsp3) is 0.583. The second-order valence-corrected chi connectivity index (χ2v) is 4.63. The minimum Gasteiger partial charge on any atom is -0.294 e. The lowest BCUT2D eigenvalue weighted by Crippen LogP contribution is -2.38. The first-order valence-electron chi connectivity index (χ1n) is 4.96. The lowest BCUT2D eigenvalue weighted by molar-refractivity contribution is -0.127. The molecule has 0 aromatic carbocycles. The minimum atomic E-state index is -0.175. The molecule has 0 heterocycles. The first-order valence-corrected chi connectivity index (χ1v) is 4.96. The van der Waals surface area contributed by atoms with Crippen LogP contribution in [-0.2, 0) is 4.79 Å². The highest BCUT2D eigenvalue weighted by Gasteiger charge is 2.46. The lowest BCUT2D eigenvalue weighted by atomic mass is 9.66. The summed E-state index contributed by atoms with van der Waals surface area (Å²) in [4.78, 5) is 12.0. The Hall–Kier alpha value is -0.850. The first-order chi connectivity index (χ1) is 6.07. The topological polar surface area (TPSA) is 17.1 Å². The van der Waals surface area contributed by atoms with Gasteiger partial charge in [-0.2, -0.15) is 0 Å². The Bertz CT molecular complexity index is 307. The van der Waals surface area contributed by atoms with Gasteiger partial charge in [0.25, 0.3) is 0 Å². The normalized spacial score (nSPS) is 38.7. The van der Waals surface area contributed by atoms with Gasteiger partial charge in [-0.25, -0.2) is 0 Å². The molecule has 0 aromatic heterocycles. The SMILES string of the molecule is C/C=C1\C(=O)C(C)(C)C2C=CC1C2. The largest absolute Gasteiger partial charge is 0.294 e. The van der Waals surface area contributed by atoms with Crippen molar-refractivity contribution in [1.29, 1.82) is 0 Å². The number of hydrogen-bond donors (Lipinski definition) is 0. The van der Waals surface area contributed by atoms with Gasteiger partial charge in [-0.3, -0.25) is 4.79 Å². The summed E-state index contributed by atoms with van der Waals surface area (Å²) in [6.07, 6.45) is 7.55. The van der Waals surface area contributed by atoms with Crippen LogP contribution in [0.25, 0.3) is 0 Å². The van der Waals surface area contributed by atoms with Crippen LogP contribution < -0.4 is 0 Å². The summed E-state index contributed by atoms with van der Waals surface area (Å²) < 4.78 is 0. The monoisotopic (exact) mass is 176 g/mol. The quantitative estimate of drug-likeness (QED) is 0.409. The van der Waals surface area contributed by atoms with Crippen LogP contribution in [0.4, 0.5) is 0 Å². The summed E-state index contributed by atoms with van der Waals surface area (Å²) in [6, 6.07) is 0. The zero-order chi connectivity index (χ0) is 9.64. The molecule has 1 heteroatoms. The van der Waals surface area contributed by atoms with Gasteiger partial charge >= 0.3 is 0 Å². The average Bonchev–Trinajstić information content (AvgIpc) is 2.51. The van der Waals surface area contributed by atoms with Gasteiger partial charge in [0.15, 0.2) is 5.78 Å². The highest BCUT2D eigenvalue weighted by molar-refractivity contribution is 6.01. The second kappa shape index (κ2) is 2.57. The van der Waals surface area contributed by atoms with E-state index in [-0.39, 0.29) is 5.41 Å². The van der Waals surface area contributed by atoms with Crippen molar-refractivity contribution >= 4 is 5.78 Å². The van der Waals surface area contributed by atoms with Gasteiger partial charge in [-0.15, -0.1) is 0 Å². The van der Waals surface area contributed by atoms with Crippen LogP contribution in [0, 0.1) is 17.3 Å². The Morgan fingerprint density at radius 1 is 1.46 bits per heavy atom. The van der Waals surface area contributed by atoms with E-state index in [4.69, 9.17) is 0 Å². The maximum absolute atomic E-state index is 12.0. The smallest absolute Gasteiger partial charge is 0.165 e. The summed E-state index contributed by atoms with van der Waals surface area (Å²) in [7, 11) is 0. The van der Waals surface area contributed by atoms with E-state index >= 15 is 0 Å². The van der Waals surface area contributed by atoms with Gasteiger partial charge in [0.05, 0.1) is 0 Å². The standard InChI is InChI=1S/C12H16O/c1-4-10-8-5-6-9(7-8)12(2,3)11(10)13/h4-6,8-9H,7H2,1-3H3/b10-4-. The third-order valence-corrected chi connectivity index (χ3v) is 3.57. The van der Waals surface area contributed by atoms with Crippen LogP contribution >= 0.6 is 0 Å². The molecule has 2 aliphatic carbocycles. The van der Waals surface area contributed by atoms with Gasteiger partial charge in [-0.05, 0) is 24.8 Å². The molecule has 0 aliphatic heterocycles. The zero-order valence-electron chi connectivity index (χ0n) is 8.50. The summed E-state index contributed by atoms with van der Waals surface area (Å²) in [5.41, 5.74) is 0.848. The van der Waals surface area contributed by atoms with Gasteiger partial charge < -0.3 is 0 Å². The second-order valence-electron chi connectivity index (χ2n) is 4.63. The van der Waals surface area contributed by atoms with Crippen LogP contribution in [0.2, 0.25) is 0 Å². The van der Waals surface area contributed by atoms with E-state index in [1.54, 1.807) is 0 Å². The molecule has 2 rings (SSSR count). The number of ketones is 1. The van der Waals surface area contributed by atoms with Gasteiger partial charge in [-0.1, -0.05) is 32.1 Å². The average molecular weight is 176 g/mol. The number of carbonyl (C=O) groups is 1. The van der Waals surface area contributed by atoms with Crippen molar-refractivity contribution in [1.82, 2.24) is 0 Å². The van der Waals surface area contributed by atoms with E-state index in [0.29, 0.717) is 17.6 Å². The van der Waals surface area contributed by atoms with Crippen LogP contribution in [-0.4, -0.2) is 5.78 Å². The van der Waals surface area contributed by atoms with Crippen molar-refractivity contribution in [3.05, 3.63) is 23.8 Å². The number of hydrogen-bond acceptors (Lipinski definition) is 1. The molecule has 2 bridgehead atoms. The molecule has 0 aromatic rings. The summed E-state index contributed by atoms with van der Waals surface area (Å²) >= 11 is 0. The van der Waals surface area contributed by atoms with Crippen LogP contribution in [0.15, 0.2) is 23.8 Å². The fourth-order valence-corrected chi connectivity index (χ4v) is 2.52. The van der Waals surface area contributed by atoms with E-state index in [1.807, 2.05) is 13.0 Å². The fourth-order valence-electron chi connectivity index (χ4n) is 2.52. The molecule has 70 valence electrons. The molecule has 13 heavy (non-hydrogen) atoms. The van der Waals surface area contributed by atoms with E-state index in [0.717, 1.165) is 12.0 Å². The van der Waals surface area contributed by atoms with Crippen LogP contribution in [0.1, 0.15) is 27.2 Å². The number of fused-ring (bicyclic) bond motifs is 2. The van der Waals surface area contributed by atoms with E-state index in [2.05, 4.69) is 26.0 Å². The Labute approximate surface area is 79.5 Å². The van der Waals surface area contributed by atoms with Crippen molar-refractivity contribution in [2.24, 2.45) is 17.3 Å². The van der Waals surface area contributed by atoms with Crippen molar-refractivity contribution < 1.29 is 4.79 Å². The van der Waals surface area contributed by atoms with E-state index in [9.17, 15) is 4.79 Å². The first kappa shape index (κ1) is 8.74. The summed E-state index contributed by atoms with van der Waals surface area (Å²) in [5, 5.41) is 0. The van der Waals surface area contributed by atoms with Crippen molar-refractivity contribution in [3.8, 4) is 0 Å². The van der Waals surface area contributed by atoms with E-state index in [1.165, 1.54) is 0 Å². The molecule has 2 aliphatic rings. The molecule has 1 saturated carbocycles. The van der Waals surface area contributed by atoms with Crippen LogP contribution in [0.3, 0.4) is 0 Å². The zero-order valence-corrected chi connectivity index (χ0v) is 8.50. The number of Topliss-reactive ketones (excluding diaryl/α,β-unsaturated/α-hetero) is 1. The van der Waals surface area contributed by atoms with Crippen LogP contribution in [0.5, 0.6) is 0 Å². The molecule has 2 atom stereocenters. The predicted molar refractivity (Wildman–Crippen MR) is 53.3 cm³/mol. The van der Waals surface area contributed by atoms with Crippen molar-refractivity contribution in [3.63, 3.8) is 0 Å². The maximum atomic E-state index is 12.0. The van der Waals surface area contributed by atoms with E-state index < -0.39 is 0 Å². The molecule has 0 amide bonds.